The SMILES string of the molecule is Cc1cccc(OCC(=O)n2c(C)c(C=O)c3ccccc32)c1C. The molecule has 3 rings (SSSR count). The van der Waals surface area contributed by atoms with Gasteiger partial charge in [-0.25, -0.2) is 0 Å². The summed E-state index contributed by atoms with van der Waals surface area (Å²) in [5, 5.41) is 0.782. The van der Waals surface area contributed by atoms with Gasteiger partial charge in [-0.3, -0.25) is 14.2 Å². The minimum Gasteiger partial charge on any atom is -0.483 e. The average Bonchev–Trinajstić information content (AvgIpc) is 2.87. The Morgan fingerprint density at radius 2 is 1.83 bits per heavy atom. The highest BCUT2D eigenvalue weighted by Gasteiger charge is 2.18. The molecule has 3 aromatic rings. The molecule has 0 spiro atoms. The van der Waals surface area contributed by atoms with Crippen molar-refractivity contribution in [1.82, 2.24) is 4.57 Å². The minimum atomic E-state index is -0.197. The second kappa shape index (κ2) is 6.32. The number of hydrogen-bond donors (Lipinski definition) is 0. The van der Waals surface area contributed by atoms with Crippen LogP contribution in [0.5, 0.6) is 5.75 Å². The van der Waals surface area contributed by atoms with E-state index < -0.39 is 0 Å². The van der Waals surface area contributed by atoms with Crippen LogP contribution in [0, 0.1) is 20.8 Å². The molecule has 4 nitrogen and oxygen atoms in total. The first-order valence-corrected chi connectivity index (χ1v) is 7.82. The molecule has 0 radical (unpaired) electrons. The number of aromatic nitrogens is 1. The van der Waals surface area contributed by atoms with Gasteiger partial charge >= 0.3 is 0 Å². The van der Waals surface area contributed by atoms with Gasteiger partial charge in [0.2, 0.25) is 0 Å². The van der Waals surface area contributed by atoms with Crippen molar-refractivity contribution in [2.45, 2.75) is 20.8 Å². The number of ether oxygens (including phenoxy) is 1. The summed E-state index contributed by atoms with van der Waals surface area (Å²) in [6.45, 7) is 5.67. The second-order valence-electron chi connectivity index (χ2n) is 5.85. The summed E-state index contributed by atoms with van der Waals surface area (Å²) in [6, 6.07) is 13.2. The summed E-state index contributed by atoms with van der Waals surface area (Å²) in [5.41, 5.74) is 4.05. The van der Waals surface area contributed by atoms with Crippen LogP contribution in [0.1, 0.15) is 32.0 Å². The molecular weight excluding hydrogens is 302 g/mol. The Kier molecular flexibility index (Phi) is 4.21. The first-order chi connectivity index (χ1) is 11.5. The molecule has 0 atom stereocenters. The summed E-state index contributed by atoms with van der Waals surface area (Å²) < 4.78 is 7.28. The molecule has 0 unspecified atom stereocenters. The van der Waals surface area contributed by atoms with E-state index in [4.69, 9.17) is 4.74 Å². The molecule has 0 saturated carbocycles. The number of rotatable bonds is 4. The summed E-state index contributed by atoms with van der Waals surface area (Å²) in [5.74, 6) is 0.505. The van der Waals surface area contributed by atoms with E-state index in [0.29, 0.717) is 17.0 Å². The summed E-state index contributed by atoms with van der Waals surface area (Å²) in [7, 11) is 0. The maximum Gasteiger partial charge on any atom is 0.269 e. The lowest BCUT2D eigenvalue weighted by molar-refractivity contribution is 0.0840. The van der Waals surface area contributed by atoms with Gasteiger partial charge in [-0.15, -0.1) is 0 Å². The Labute approximate surface area is 140 Å². The van der Waals surface area contributed by atoms with Gasteiger partial charge in [0.1, 0.15) is 5.75 Å². The van der Waals surface area contributed by atoms with Crippen molar-refractivity contribution < 1.29 is 14.3 Å². The molecule has 0 bridgehead atoms. The Morgan fingerprint density at radius 1 is 1.08 bits per heavy atom. The number of hydrogen-bond acceptors (Lipinski definition) is 3. The number of para-hydroxylation sites is 1. The highest BCUT2D eigenvalue weighted by atomic mass is 16.5. The van der Waals surface area contributed by atoms with E-state index >= 15 is 0 Å². The zero-order valence-corrected chi connectivity index (χ0v) is 14.0. The Hall–Kier alpha value is -2.88. The summed E-state index contributed by atoms with van der Waals surface area (Å²) >= 11 is 0. The number of nitrogens with zero attached hydrogens (tertiary/aromatic N) is 1. The van der Waals surface area contributed by atoms with Crippen molar-refractivity contribution in [3.8, 4) is 5.75 Å². The maximum absolute atomic E-state index is 12.7. The lowest BCUT2D eigenvalue weighted by atomic mass is 10.1. The Morgan fingerprint density at radius 3 is 2.58 bits per heavy atom. The number of aldehydes is 1. The van der Waals surface area contributed by atoms with Gasteiger partial charge in [0.05, 0.1) is 5.52 Å². The first-order valence-electron chi connectivity index (χ1n) is 7.82. The Bertz CT molecular complexity index is 937. The van der Waals surface area contributed by atoms with E-state index in [2.05, 4.69) is 0 Å². The van der Waals surface area contributed by atoms with Crippen LogP contribution in [0.25, 0.3) is 10.9 Å². The molecule has 0 aliphatic carbocycles. The molecule has 1 aromatic heterocycles. The lowest BCUT2D eigenvalue weighted by Gasteiger charge is -2.12. The van der Waals surface area contributed by atoms with E-state index in [-0.39, 0.29) is 12.5 Å². The second-order valence-corrected chi connectivity index (χ2v) is 5.85. The van der Waals surface area contributed by atoms with Gasteiger partial charge in [-0.2, -0.15) is 0 Å². The average molecular weight is 321 g/mol. The van der Waals surface area contributed by atoms with E-state index in [0.717, 1.165) is 28.3 Å². The third-order valence-electron chi connectivity index (χ3n) is 4.43. The van der Waals surface area contributed by atoms with Gasteiger partial charge in [-0.1, -0.05) is 30.3 Å². The van der Waals surface area contributed by atoms with Crippen LogP contribution in [0.15, 0.2) is 42.5 Å². The quantitative estimate of drug-likeness (QED) is 0.680. The third kappa shape index (κ3) is 2.60. The van der Waals surface area contributed by atoms with Crippen molar-refractivity contribution in [2.24, 2.45) is 0 Å². The third-order valence-corrected chi connectivity index (χ3v) is 4.43. The smallest absolute Gasteiger partial charge is 0.269 e. The molecule has 0 fully saturated rings. The largest absolute Gasteiger partial charge is 0.483 e. The molecule has 0 aliphatic heterocycles. The van der Waals surface area contributed by atoms with Crippen LogP contribution in [0.2, 0.25) is 0 Å². The molecule has 24 heavy (non-hydrogen) atoms. The zero-order chi connectivity index (χ0) is 17.3. The van der Waals surface area contributed by atoms with Gasteiger partial charge < -0.3 is 4.74 Å². The van der Waals surface area contributed by atoms with Crippen molar-refractivity contribution in [1.29, 1.82) is 0 Å². The van der Waals surface area contributed by atoms with Crippen molar-refractivity contribution in [3.63, 3.8) is 0 Å². The topological polar surface area (TPSA) is 48.3 Å². The summed E-state index contributed by atoms with van der Waals surface area (Å²) in [6.07, 6.45) is 0.799. The molecule has 0 aliphatic rings. The van der Waals surface area contributed by atoms with Crippen molar-refractivity contribution in [2.75, 3.05) is 6.61 Å². The van der Waals surface area contributed by atoms with Crippen molar-refractivity contribution >= 4 is 23.1 Å². The van der Waals surface area contributed by atoms with E-state index in [9.17, 15) is 9.59 Å². The predicted molar refractivity (Wildman–Crippen MR) is 94.1 cm³/mol. The van der Waals surface area contributed by atoms with Gasteiger partial charge in [-0.05, 0) is 44.0 Å². The standard InChI is InChI=1S/C20H19NO3/c1-13-7-6-10-19(14(13)2)24-12-20(23)21-15(3)17(11-22)16-8-4-5-9-18(16)21/h4-11H,12H2,1-3H3. The number of benzene rings is 2. The Balaban J connectivity index is 1.93. The molecule has 1 heterocycles. The van der Waals surface area contributed by atoms with Crippen LogP contribution in [0.4, 0.5) is 0 Å². The molecule has 0 amide bonds. The fraction of sp³-hybridized carbons (Fsp3) is 0.200. The highest BCUT2D eigenvalue weighted by Crippen LogP contribution is 2.25. The van der Waals surface area contributed by atoms with Crippen LogP contribution in [-0.2, 0) is 0 Å². The monoisotopic (exact) mass is 321 g/mol. The fourth-order valence-electron chi connectivity index (χ4n) is 2.95. The van der Waals surface area contributed by atoms with E-state index in [1.54, 1.807) is 11.5 Å². The predicted octanol–water partition coefficient (Wildman–Crippen LogP) is 4.10. The number of aryl methyl sites for hydroxylation is 1. The zero-order valence-electron chi connectivity index (χ0n) is 14.0. The number of carbonyl (C=O) groups is 2. The molecule has 2 aromatic carbocycles. The van der Waals surface area contributed by atoms with Crippen LogP contribution < -0.4 is 4.74 Å². The molecule has 0 N–H and O–H groups in total. The van der Waals surface area contributed by atoms with Crippen LogP contribution >= 0.6 is 0 Å². The maximum atomic E-state index is 12.7. The first kappa shape index (κ1) is 16.0. The van der Waals surface area contributed by atoms with Crippen LogP contribution in [0.3, 0.4) is 0 Å². The number of carbonyl (C=O) groups excluding carboxylic acids is 2. The van der Waals surface area contributed by atoms with Gasteiger partial charge in [0.25, 0.3) is 5.91 Å². The summed E-state index contributed by atoms with van der Waals surface area (Å²) in [4.78, 5) is 24.1. The lowest BCUT2D eigenvalue weighted by Crippen LogP contribution is -2.20. The molecule has 4 heteroatoms. The number of fused-ring (bicyclic) bond motifs is 1. The van der Waals surface area contributed by atoms with E-state index in [1.807, 2.05) is 56.3 Å². The molecular formula is C20H19NO3. The van der Waals surface area contributed by atoms with Crippen molar-refractivity contribution in [3.05, 3.63) is 64.8 Å². The molecule has 122 valence electrons. The fourth-order valence-corrected chi connectivity index (χ4v) is 2.95. The van der Waals surface area contributed by atoms with Gasteiger partial charge in [0, 0.05) is 16.6 Å². The normalized spacial score (nSPS) is 10.8. The highest BCUT2D eigenvalue weighted by molar-refractivity contribution is 6.04. The molecule has 0 saturated heterocycles. The van der Waals surface area contributed by atoms with E-state index in [1.165, 1.54) is 0 Å². The minimum absolute atomic E-state index is 0.0812. The van der Waals surface area contributed by atoms with Crippen LogP contribution in [-0.4, -0.2) is 23.4 Å². The van der Waals surface area contributed by atoms with Gasteiger partial charge in [0.15, 0.2) is 12.9 Å².